The predicted octanol–water partition coefficient (Wildman–Crippen LogP) is 1.79. The molecule has 132 valence electrons. The molecule has 4 heterocycles. The van der Waals surface area contributed by atoms with E-state index in [0.717, 1.165) is 37.4 Å². The third-order valence-electron chi connectivity index (χ3n) is 4.17. The summed E-state index contributed by atoms with van der Waals surface area (Å²) in [5, 5.41) is 6.24. The molecule has 8 heteroatoms. The van der Waals surface area contributed by atoms with E-state index in [4.69, 9.17) is 4.42 Å². The topological polar surface area (TPSA) is 96.2 Å². The molecule has 0 saturated carbocycles. The van der Waals surface area contributed by atoms with Gasteiger partial charge in [-0.15, -0.1) is 0 Å². The van der Waals surface area contributed by atoms with Gasteiger partial charge >= 0.3 is 0 Å². The van der Waals surface area contributed by atoms with Crippen molar-refractivity contribution in [1.29, 1.82) is 0 Å². The van der Waals surface area contributed by atoms with Gasteiger partial charge in [0.1, 0.15) is 12.0 Å². The van der Waals surface area contributed by atoms with Crippen LogP contribution in [0.4, 0.5) is 11.4 Å². The molecule has 0 radical (unpaired) electrons. The second kappa shape index (κ2) is 7.32. The van der Waals surface area contributed by atoms with Gasteiger partial charge in [0.2, 0.25) is 0 Å². The summed E-state index contributed by atoms with van der Waals surface area (Å²) in [6.07, 6.45) is 8.04. The fraction of sp³-hybridized carbons (Fsp3) is 0.222. The van der Waals surface area contributed by atoms with Crippen LogP contribution in [0.15, 0.2) is 53.7 Å². The van der Waals surface area contributed by atoms with Crippen LogP contribution in [0.25, 0.3) is 11.4 Å². The molecular formula is C18H18N6O2. The minimum absolute atomic E-state index is 0.284. The molecule has 0 aromatic carbocycles. The zero-order valence-electron chi connectivity index (χ0n) is 14.1. The molecule has 1 fully saturated rings. The van der Waals surface area contributed by atoms with E-state index < -0.39 is 0 Å². The van der Waals surface area contributed by atoms with Gasteiger partial charge in [-0.2, -0.15) is 0 Å². The highest BCUT2D eigenvalue weighted by atomic mass is 16.3. The van der Waals surface area contributed by atoms with E-state index in [2.05, 4.69) is 30.5 Å². The highest BCUT2D eigenvalue weighted by Gasteiger charge is 2.17. The van der Waals surface area contributed by atoms with Crippen molar-refractivity contribution in [1.82, 2.24) is 20.3 Å². The van der Waals surface area contributed by atoms with Gasteiger partial charge in [-0.05, 0) is 18.2 Å². The molecular weight excluding hydrogens is 332 g/mol. The summed E-state index contributed by atoms with van der Waals surface area (Å²) in [4.78, 5) is 27.6. The smallest absolute Gasteiger partial charge is 0.274 e. The SMILES string of the molecule is O=C(Nc1cnccc1N1CCNCC1)c1ccnc(-c2ccoc2)n1. The second-order valence-electron chi connectivity index (χ2n) is 5.86. The van der Waals surface area contributed by atoms with Gasteiger partial charge in [-0.1, -0.05) is 0 Å². The number of piperazine rings is 1. The van der Waals surface area contributed by atoms with E-state index in [1.54, 1.807) is 43.2 Å². The Balaban J connectivity index is 1.56. The Morgan fingerprint density at radius 3 is 2.88 bits per heavy atom. The van der Waals surface area contributed by atoms with E-state index >= 15 is 0 Å². The Morgan fingerprint density at radius 1 is 1.19 bits per heavy atom. The minimum Gasteiger partial charge on any atom is -0.472 e. The number of carbonyl (C=O) groups excluding carboxylic acids is 1. The van der Waals surface area contributed by atoms with Gasteiger partial charge in [0, 0.05) is 38.6 Å². The number of furan rings is 1. The lowest BCUT2D eigenvalue weighted by Gasteiger charge is -2.30. The van der Waals surface area contributed by atoms with Gasteiger partial charge in [0.05, 0.1) is 29.4 Å². The van der Waals surface area contributed by atoms with Crippen molar-refractivity contribution >= 4 is 17.3 Å². The van der Waals surface area contributed by atoms with Crippen LogP contribution in [0.1, 0.15) is 10.5 Å². The van der Waals surface area contributed by atoms with Crippen molar-refractivity contribution in [2.45, 2.75) is 0 Å². The molecule has 1 amide bonds. The summed E-state index contributed by atoms with van der Waals surface area (Å²) in [6, 6.07) is 5.25. The highest BCUT2D eigenvalue weighted by Crippen LogP contribution is 2.25. The lowest BCUT2D eigenvalue weighted by atomic mass is 10.2. The van der Waals surface area contributed by atoms with Crippen LogP contribution in [0.5, 0.6) is 0 Å². The van der Waals surface area contributed by atoms with Gasteiger partial charge in [0.15, 0.2) is 5.82 Å². The molecule has 3 aromatic heterocycles. The summed E-state index contributed by atoms with van der Waals surface area (Å²) < 4.78 is 5.05. The number of nitrogens with one attached hydrogen (secondary N) is 2. The Bertz CT molecular complexity index is 890. The molecule has 1 saturated heterocycles. The van der Waals surface area contributed by atoms with Crippen molar-refractivity contribution in [2.75, 3.05) is 36.4 Å². The molecule has 0 bridgehead atoms. The normalized spacial score (nSPS) is 14.2. The number of carbonyl (C=O) groups is 1. The molecule has 0 spiro atoms. The predicted molar refractivity (Wildman–Crippen MR) is 97.0 cm³/mol. The van der Waals surface area contributed by atoms with Gasteiger partial charge in [-0.25, -0.2) is 9.97 Å². The molecule has 2 N–H and O–H groups in total. The number of hydrogen-bond acceptors (Lipinski definition) is 7. The fourth-order valence-corrected chi connectivity index (χ4v) is 2.87. The molecule has 1 aliphatic heterocycles. The lowest BCUT2D eigenvalue weighted by Crippen LogP contribution is -2.43. The highest BCUT2D eigenvalue weighted by molar-refractivity contribution is 6.04. The fourth-order valence-electron chi connectivity index (χ4n) is 2.87. The summed E-state index contributed by atoms with van der Waals surface area (Å²) in [6.45, 7) is 3.58. The number of anilines is 2. The molecule has 0 unspecified atom stereocenters. The van der Waals surface area contributed by atoms with E-state index in [1.807, 2.05) is 6.07 Å². The maximum atomic E-state index is 12.7. The van der Waals surface area contributed by atoms with Crippen molar-refractivity contribution < 1.29 is 9.21 Å². The largest absolute Gasteiger partial charge is 0.472 e. The first-order valence-electron chi connectivity index (χ1n) is 8.38. The third-order valence-corrected chi connectivity index (χ3v) is 4.17. The Kier molecular flexibility index (Phi) is 4.57. The van der Waals surface area contributed by atoms with Gasteiger partial charge in [-0.3, -0.25) is 9.78 Å². The number of aromatic nitrogens is 3. The first-order chi connectivity index (χ1) is 12.8. The van der Waals surface area contributed by atoms with Crippen molar-refractivity contribution in [3.05, 3.63) is 55.0 Å². The Hall–Kier alpha value is -3.26. The zero-order valence-corrected chi connectivity index (χ0v) is 14.1. The first-order valence-corrected chi connectivity index (χ1v) is 8.38. The summed E-state index contributed by atoms with van der Waals surface area (Å²) in [5.41, 5.74) is 2.63. The molecule has 26 heavy (non-hydrogen) atoms. The van der Waals surface area contributed by atoms with Gasteiger partial charge < -0.3 is 20.0 Å². The molecule has 8 nitrogen and oxygen atoms in total. The monoisotopic (exact) mass is 350 g/mol. The third kappa shape index (κ3) is 3.40. The second-order valence-corrected chi connectivity index (χ2v) is 5.86. The maximum Gasteiger partial charge on any atom is 0.274 e. The van der Waals surface area contributed by atoms with Crippen LogP contribution in [0, 0.1) is 0 Å². The molecule has 3 aromatic rings. The van der Waals surface area contributed by atoms with Crippen LogP contribution in [0.2, 0.25) is 0 Å². The van der Waals surface area contributed by atoms with Crippen LogP contribution in [-0.2, 0) is 0 Å². The van der Waals surface area contributed by atoms with Gasteiger partial charge in [0.25, 0.3) is 5.91 Å². The molecule has 0 atom stereocenters. The summed E-state index contributed by atoms with van der Waals surface area (Å²) in [5.74, 6) is 0.140. The average molecular weight is 350 g/mol. The maximum absolute atomic E-state index is 12.7. The van der Waals surface area contributed by atoms with Crippen molar-refractivity contribution in [3.63, 3.8) is 0 Å². The Morgan fingerprint density at radius 2 is 2.08 bits per heavy atom. The first kappa shape index (κ1) is 16.2. The number of nitrogens with zero attached hydrogens (tertiary/aromatic N) is 4. The lowest BCUT2D eigenvalue weighted by molar-refractivity contribution is 0.102. The standard InChI is InChI=1S/C18H18N6O2/c25-18(14-1-5-21-17(22-14)13-3-10-26-12-13)23-15-11-20-4-2-16(15)24-8-6-19-7-9-24/h1-5,10-12,19H,6-9H2,(H,23,25). The zero-order chi connectivity index (χ0) is 17.8. The summed E-state index contributed by atoms with van der Waals surface area (Å²) in [7, 11) is 0. The van der Waals surface area contributed by atoms with E-state index in [1.165, 1.54) is 0 Å². The quantitative estimate of drug-likeness (QED) is 0.740. The van der Waals surface area contributed by atoms with Crippen LogP contribution < -0.4 is 15.5 Å². The molecule has 0 aliphatic carbocycles. The van der Waals surface area contributed by atoms with E-state index in [-0.39, 0.29) is 11.6 Å². The van der Waals surface area contributed by atoms with Crippen molar-refractivity contribution in [2.24, 2.45) is 0 Å². The summed E-state index contributed by atoms with van der Waals surface area (Å²) >= 11 is 0. The number of hydrogen-bond donors (Lipinski definition) is 2. The number of amides is 1. The average Bonchev–Trinajstić information content (AvgIpc) is 3.24. The molecule has 4 rings (SSSR count). The van der Waals surface area contributed by atoms with Crippen LogP contribution in [-0.4, -0.2) is 47.0 Å². The van der Waals surface area contributed by atoms with E-state index in [0.29, 0.717) is 11.5 Å². The molecule has 1 aliphatic rings. The Labute approximate surface area is 150 Å². The van der Waals surface area contributed by atoms with Crippen LogP contribution >= 0.6 is 0 Å². The van der Waals surface area contributed by atoms with Crippen LogP contribution in [0.3, 0.4) is 0 Å². The number of pyridine rings is 1. The van der Waals surface area contributed by atoms with Crippen molar-refractivity contribution in [3.8, 4) is 11.4 Å². The number of rotatable bonds is 4. The van der Waals surface area contributed by atoms with E-state index in [9.17, 15) is 4.79 Å². The minimum atomic E-state index is -0.304.